The van der Waals surface area contributed by atoms with Gasteiger partial charge in [0, 0.05) is 6.42 Å². The van der Waals surface area contributed by atoms with Crippen LogP contribution in [0.4, 0.5) is 13.2 Å². The molecule has 2 atom stereocenters. The summed E-state index contributed by atoms with van der Waals surface area (Å²) in [5.41, 5.74) is 0. The number of alkyl halides is 3. The average molecular weight is 196 g/mol. The maximum absolute atomic E-state index is 12.2. The van der Waals surface area contributed by atoms with E-state index in [4.69, 9.17) is 0 Å². The molecule has 0 N–H and O–H groups in total. The van der Waals surface area contributed by atoms with Crippen molar-refractivity contribution in [3.8, 4) is 0 Å². The van der Waals surface area contributed by atoms with Gasteiger partial charge >= 0.3 is 12.1 Å². The topological polar surface area (TPSA) is 26.3 Å². The first-order chi connectivity index (χ1) is 5.89. The standard InChI is InChI=1S/C8H11F3O2/c1-5-2-6(8(9,10)11)4-13-7(12)3-5/h5-6H,2-4H2,1H3. The van der Waals surface area contributed by atoms with Crippen LogP contribution in [0.15, 0.2) is 0 Å². The Morgan fingerprint density at radius 3 is 2.62 bits per heavy atom. The molecule has 0 aromatic heterocycles. The Kier molecular flexibility index (Phi) is 2.83. The van der Waals surface area contributed by atoms with Crippen molar-refractivity contribution in [3.63, 3.8) is 0 Å². The molecule has 0 aliphatic carbocycles. The number of cyclic esters (lactones) is 1. The third kappa shape index (κ3) is 2.90. The highest BCUT2D eigenvalue weighted by molar-refractivity contribution is 5.69. The zero-order chi connectivity index (χ0) is 10.1. The molecule has 0 radical (unpaired) electrons. The van der Waals surface area contributed by atoms with E-state index in [1.165, 1.54) is 0 Å². The molecule has 1 heterocycles. The second-order valence-corrected chi connectivity index (χ2v) is 3.47. The molecule has 0 aromatic rings. The van der Waals surface area contributed by atoms with Gasteiger partial charge in [-0.3, -0.25) is 4.79 Å². The van der Waals surface area contributed by atoms with E-state index in [9.17, 15) is 18.0 Å². The minimum Gasteiger partial charge on any atom is -0.465 e. The molecular formula is C8H11F3O2. The van der Waals surface area contributed by atoms with Crippen molar-refractivity contribution in [2.75, 3.05) is 6.61 Å². The van der Waals surface area contributed by atoms with Gasteiger partial charge in [0.15, 0.2) is 0 Å². The molecule has 1 fully saturated rings. The second-order valence-electron chi connectivity index (χ2n) is 3.47. The molecule has 0 spiro atoms. The summed E-state index contributed by atoms with van der Waals surface area (Å²) in [5.74, 6) is -2.27. The van der Waals surface area contributed by atoms with Crippen LogP contribution in [0.1, 0.15) is 19.8 Å². The van der Waals surface area contributed by atoms with Gasteiger partial charge < -0.3 is 4.74 Å². The van der Waals surface area contributed by atoms with Gasteiger partial charge in [0.05, 0.1) is 5.92 Å². The Bertz CT molecular complexity index is 200. The number of carbonyl (C=O) groups is 1. The fourth-order valence-corrected chi connectivity index (χ4v) is 1.40. The largest absolute Gasteiger partial charge is 0.465 e. The highest BCUT2D eigenvalue weighted by Gasteiger charge is 2.42. The molecule has 0 aromatic carbocycles. The van der Waals surface area contributed by atoms with Gasteiger partial charge in [0.25, 0.3) is 0 Å². The van der Waals surface area contributed by atoms with Crippen molar-refractivity contribution >= 4 is 5.97 Å². The molecule has 76 valence electrons. The van der Waals surface area contributed by atoms with Gasteiger partial charge in [-0.15, -0.1) is 0 Å². The predicted molar refractivity (Wildman–Crippen MR) is 38.9 cm³/mol. The molecule has 0 amide bonds. The predicted octanol–water partition coefficient (Wildman–Crippen LogP) is 2.14. The van der Waals surface area contributed by atoms with E-state index in [2.05, 4.69) is 4.74 Å². The summed E-state index contributed by atoms with van der Waals surface area (Å²) in [4.78, 5) is 10.8. The number of ether oxygens (including phenoxy) is 1. The smallest absolute Gasteiger partial charge is 0.395 e. The van der Waals surface area contributed by atoms with Crippen LogP contribution in [0, 0.1) is 11.8 Å². The van der Waals surface area contributed by atoms with Gasteiger partial charge in [-0.2, -0.15) is 13.2 Å². The summed E-state index contributed by atoms with van der Waals surface area (Å²) in [6.45, 7) is 1.11. The number of halogens is 3. The average Bonchev–Trinajstić information content (AvgIpc) is 2.09. The molecule has 0 saturated carbocycles. The zero-order valence-corrected chi connectivity index (χ0v) is 7.23. The first-order valence-electron chi connectivity index (χ1n) is 4.12. The van der Waals surface area contributed by atoms with Gasteiger partial charge in [0.1, 0.15) is 6.61 Å². The van der Waals surface area contributed by atoms with Gasteiger partial charge in [0.2, 0.25) is 0 Å². The second kappa shape index (κ2) is 3.55. The van der Waals surface area contributed by atoms with Crippen molar-refractivity contribution in [1.29, 1.82) is 0 Å². The molecular weight excluding hydrogens is 185 g/mol. The highest BCUT2D eigenvalue weighted by Crippen LogP contribution is 2.34. The van der Waals surface area contributed by atoms with Crippen LogP contribution in [0.2, 0.25) is 0 Å². The van der Waals surface area contributed by atoms with E-state index in [0.717, 1.165) is 0 Å². The molecule has 1 aliphatic rings. The van der Waals surface area contributed by atoms with Gasteiger partial charge in [-0.05, 0) is 12.3 Å². The van der Waals surface area contributed by atoms with Crippen molar-refractivity contribution in [3.05, 3.63) is 0 Å². The fraction of sp³-hybridized carbons (Fsp3) is 0.875. The van der Waals surface area contributed by atoms with Gasteiger partial charge in [-0.25, -0.2) is 0 Å². The number of carbonyl (C=O) groups excluding carboxylic acids is 1. The Morgan fingerprint density at radius 2 is 2.08 bits per heavy atom. The quantitative estimate of drug-likeness (QED) is 0.555. The third-order valence-corrected chi connectivity index (χ3v) is 2.11. The lowest BCUT2D eigenvalue weighted by Crippen LogP contribution is -2.27. The summed E-state index contributed by atoms with van der Waals surface area (Å²) in [6.07, 6.45) is -4.18. The highest BCUT2D eigenvalue weighted by atomic mass is 19.4. The molecule has 5 heteroatoms. The Morgan fingerprint density at radius 1 is 1.46 bits per heavy atom. The summed E-state index contributed by atoms with van der Waals surface area (Å²) in [7, 11) is 0. The maximum atomic E-state index is 12.2. The monoisotopic (exact) mass is 196 g/mol. The van der Waals surface area contributed by atoms with E-state index in [0.29, 0.717) is 0 Å². The Hall–Kier alpha value is -0.740. The van der Waals surface area contributed by atoms with E-state index >= 15 is 0 Å². The number of rotatable bonds is 0. The van der Waals surface area contributed by atoms with Gasteiger partial charge in [-0.1, -0.05) is 6.92 Å². The minimum atomic E-state index is -4.25. The van der Waals surface area contributed by atoms with Crippen LogP contribution >= 0.6 is 0 Å². The van der Waals surface area contributed by atoms with E-state index in [-0.39, 0.29) is 18.8 Å². The normalized spacial score (nSPS) is 30.9. The molecule has 2 unspecified atom stereocenters. The molecule has 1 aliphatic heterocycles. The third-order valence-electron chi connectivity index (χ3n) is 2.11. The number of hydrogen-bond acceptors (Lipinski definition) is 2. The Labute approximate surface area is 74.1 Å². The lowest BCUT2D eigenvalue weighted by molar-refractivity contribution is -0.189. The Balaban J connectivity index is 2.63. The van der Waals surface area contributed by atoms with E-state index in [1.54, 1.807) is 6.92 Å². The first-order valence-corrected chi connectivity index (χ1v) is 4.12. The fourth-order valence-electron chi connectivity index (χ4n) is 1.40. The van der Waals surface area contributed by atoms with Crippen molar-refractivity contribution < 1.29 is 22.7 Å². The summed E-state index contributed by atoms with van der Waals surface area (Å²) in [6, 6.07) is 0. The summed E-state index contributed by atoms with van der Waals surface area (Å²) >= 11 is 0. The molecule has 1 saturated heterocycles. The molecule has 0 bridgehead atoms. The van der Waals surface area contributed by atoms with Crippen LogP contribution in [0.3, 0.4) is 0 Å². The number of esters is 1. The van der Waals surface area contributed by atoms with Crippen molar-refractivity contribution in [2.24, 2.45) is 11.8 Å². The van der Waals surface area contributed by atoms with Crippen molar-refractivity contribution in [2.45, 2.75) is 25.9 Å². The molecule has 13 heavy (non-hydrogen) atoms. The summed E-state index contributed by atoms with van der Waals surface area (Å²) in [5, 5.41) is 0. The lowest BCUT2D eigenvalue weighted by Gasteiger charge is -2.18. The van der Waals surface area contributed by atoms with Crippen LogP contribution in [-0.2, 0) is 9.53 Å². The van der Waals surface area contributed by atoms with E-state index in [1.807, 2.05) is 0 Å². The minimum absolute atomic E-state index is 0.0186. The molecule has 1 rings (SSSR count). The van der Waals surface area contributed by atoms with Crippen LogP contribution in [0.5, 0.6) is 0 Å². The van der Waals surface area contributed by atoms with Crippen LogP contribution in [-0.4, -0.2) is 18.8 Å². The zero-order valence-electron chi connectivity index (χ0n) is 7.23. The van der Waals surface area contributed by atoms with Crippen LogP contribution in [0.25, 0.3) is 0 Å². The first kappa shape index (κ1) is 10.3. The van der Waals surface area contributed by atoms with Crippen LogP contribution < -0.4 is 0 Å². The van der Waals surface area contributed by atoms with E-state index < -0.39 is 24.7 Å². The van der Waals surface area contributed by atoms with Crippen molar-refractivity contribution in [1.82, 2.24) is 0 Å². The maximum Gasteiger partial charge on any atom is 0.395 e. The summed E-state index contributed by atoms with van der Waals surface area (Å²) < 4.78 is 41.1. The molecule has 2 nitrogen and oxygen atoms in total. The SMILES string of the molecule is CC1CC(=O)OCC(C(F)(F)F)C1. The number of hydrogen-bond donors (Lipinski definition) is 0. The lowest BCUT2D eigenvalue weighted by atomic mass is 9.95.